The van der Waals surface area contributed by atoms with E-state index in [0.717, 1.165) is 45.0 Å². The average molecular weight is 242 g/mol. The first-order valence-corrected chi connectivity index (χ1v) is 7.36. The lowest BCUT2D eigenvalue weighted by atomic mass is 9.94. The van der Waals surface area contributed by atoms with Gasteiger partial charge in [-0.1, -0.05) is 52.9 Å². The van der Waals surface area contributed by atoms with Gasteiger partial charge in [-0.05, 0) is 19.3 Å². The van der Waals surface area contributed by atoms with Crippen LogP contribution in [0, 0.1) is 5.92 Å². The topological polar surface area (TPSA) is 26.3 Å². The SMILES string of the molecule is CCCCCOC(CCCC)C(C=O)CCC. The molecule has 102 valence electrons. The highest BCUT2D eigenvalue weighted by atomic mass is 16.5. The molecule has 0 fully saturated rings. The number of rotatable bonds is 12. The van der Waals surface area contributed by atoms with Crippen LogP contribution in [0.25, 0.3) is 0 Å². The van der Waals surface area contributed by atoms with Crippen molar-refractivity contribution in [2.75, 3.05) is 6.61 Å². The summed E-state index contributed by atoms with van der Waals surface area (Å²) in [5.74, 6) is 0.105. The normalized spacial score (nSPS) is 14.5. The number of ether oxygens (including phenoxy) is 1. The lowest BCUT2D eigenvalue weighted by Crippen LogP contribution is -2.26. The molecule has 0 aliphatic carbocycles. The lowest BCUT2D eigenvalue weighted by molar-refractivity contribution is -0.116. The van der Waals surface area contributed by atoms with Gasteiger partial charge in [-0.2, -0.15) is 0 Å². The van der Waals surface area contributed by atoms with Crippen molar-refractivity contribution < 1.29 is 9.53 Å². The van der Waals surface area contributed by atoms with E-state index in [1.807, 2.05) is 0 Å². The van der Waals surface area contributed by atoms with Crippen molar-refractivity contribution in [1.82, 2.24) is 0 Å². The molecule has 0 N–H and O–H groups in total. The first-order valence-electron chi connectivity index (χ1n) is 7.36. The van der Waals surface area contributed by atoms with Crippen LogP contribution in [0.2, 0.25) is 0 Å². The van der Waals surface area contributed by atoms with Gasteiger partial charge in [-0.25, -0.2) is 0 Å². The van der Waals surface area contributed by atoms with E-state index in [2.05, 4.69) is 20.8 Å². The highest BCUT2D eigenvalue weighted by molar-refractivity contribution is 5.54. The Kier molecular flexibility index (Phi) is 11.8. The molecular formula is C15H30O2. The van der Waals surface area contributed by atoms with Gasteiger partial charge in [0.05, 0.1) is 6.10 Å². The molecule has 0 aromatic heterocycles. The van der Waals surface area contributed by atoms with Crippen LogP contribution in [0.4, 0.5) is 0 Å². The minimum Gasteiger partial charge on any atom is -0.377 e. The first kappa shape index (κ1) is 16.6. The van der Waals surface area contributed by atoms with E-state index in [9.17, 15) is 4.79 Å². The fourth-order valence-corrected chi connectivity index (χ4v) is 2.09. The van der Waals surface area contributed by atoms with Gasteiger partial charge in [0.1, 0.15) is 6.29 Å². The second kappa shape index (κ2) is 12.1. The third kappa shape index (κ3) is 8.37. The number of hydrogen-bond acceptors (Lipinski definition) is 2. The van der Waals surface area contributed by atoms with Gasteiger partial charge >= 0.3 is 0 Å². The van der Waals surface area contributed by atoms with Gasteiger partial charge in [0, 0.05) is 12.5 Å². The van der Waals surface area contributed by atoms with E-state index >= 15 is 0 Å². The van der Waals surface area contributed by atoms with Crippen molar-refractivity contribution >= 4 is 6.29 Å². The van der Waals surface area contributed by atoms with Gasteiger partial charge in [-0.15, -0.1) is 0 Å². The van der Waals surface area contributed by atoms with Crippen LogP contribution in [0.1, 0.15) is 72.1 Å². The van der Waals surface area contributed by atoms with E-state index < -0.39 is 0 Å². The van der Waals surface area contributed by atoms with Crippen molar-refractivity contribution in [1.29, 1.82) is 0 Å². The quantitative estimate of drug-likeness (QED) is 0.375. The summed E-state index contributed by atoms with van der Waals surface area (Å²) in [6.45, 7) is 7.32. The van der Waals surface area contributed by atoms with E-state index in [4.69, 9.17) is 4.74 Å². The fourth-order valence-electron chi connectivity index (χ4n) is 2.09. The molecular weight excluding hydrogens is 212 g/mol. The third-order valence-electron chi connectivity index (χ3n) is 3.20. The molecule has 0 saturated heterocycles. The third-order valence-corrected chi connectivity index (χ3v) is 3.20. The number of unbranched alkanes of at least 4 members (excludes halogenated alkanes) is 3. The molecule has 2 unspecified atom stereocenters. The summed E-state index contributed by atoms with van der Waals surface area (Å²) in [6.07, 6.45) is 10.2. The van der Waals surface area contributed by atoms with E-state index in [1.165, 1.54) is 19.3 Å². The van der Waals surface area contributed by atoms with Crippen molar-refractivity contribution in [3.63, 3.8) is 0 Å². The molecule has 0 spiro atoms. The average Bonchev–Trinajstić information content (AvgIpc) is 2.35. The molecule has 17 heavy (non-hydrogen) atoms. The van der Waals surface area contributed by atoms with Gasteiger partial charge in [-0.3, -0.25) is 0 Å². The summed E-state index contributed by atoms with van der Waals surface area (Å²) in [4.78, 5) is 11.1. The standard InChI is InChI=1S/C15H30O2/c1-4-7-9-12-17-15(11-8-5-2)14(13-16)10-6-3/h13-15H,4-12H2,1-3H3. The molecule has 0 heterocycles. The predicted octanol–water partition coefficient (Wildman–Crippen LogP) is 4.37. The maximum absolute atomic E-state index is 11.1. The zero-order chi connectivity index (χ0) is 12.9. The predicted molar refractivity (Wildman–Crippen MR) is 73.3 cm³/mol. The maximum Gasteiger partial charge on any atom is 0.125 e. The Morgan fingerprint density at radius 3 is 2.18 bits per heavy atom. The number of hydrogen-bond donors (Lipinski definition) is 0. The van der Waals surface area contributed by atoms with Crippen LogP contribution in [0.5, 0.6) is 0 Å². The smallest absolute Gasteiger partial charge is 0.125 e. The van der Waals surface area contributed by atoms with Gasteiger partial charge in [0.2, 0.25) is 0 Å². The second-order valence-electron chi connectivity index (χ2n) is 4.85. The number of aldehydes is 1. The fraction of sp³-hybridized carbons (Fsp3) is 0.933. The molecule has 0 aromatic carbocycles. The molecule has 0 bridgehead atoms. The molecule has 0 amide bonds. The summed E-state index contributed by atoms with van der Waals surface area (Å²) in [5, 5.41) is 0. The van der Waals surface area contributed by atoms with E-state index in [0.29, 0.717) is 0 Å². The Morgan fingerprint density at radius 2 is 1.65 bits per heavy atom. The summed E-state index contributed by atoms with van der Waals surface area (Å²) in [6, 6.07) is 0. The largest absolute Gasteiger partial charge is 0.377 e. The monoisotopic (exact) mass is 242 g/mol. The molecule has 0 aliphatic heterocycles. The molecule has 0 aromatic rings. The molecule has 0 saturated carbocycles. The molecule has 2 heteroatoms. The zero-order valence-electron chi connectivity index (χ0n) is 11.9. The summed E-state index contributed by atoms with van der Waals surface area (Å²) < 4.78 is 5.92. The van der Waals surface area contributed by atoms with E-state index in [-0.39, 0.29) is 12.0 Å². The van der Waals surface area contributed by atoms with E-state index in [1.54, 1.807) is 0 Å². The Balaban J connectivity index is 4.04. The number of carbonyl (C=O) groups excluding carboxylic acids is 1. The van der Waals surface area contributed by atoms with Crippen LogP contribution >= 0.6 is 0 Å². The Morgan fingerprint density at radius 1 is 0.941 bits per heavy atom. The number of carbonyl (C=O) groups is 1. The van der Waals surface area contributed by atoms with Crippen LogP contribution in [0.3, 0.4) is 0 Å². The maximum atomic E-state index is 11.1. The van der Waals surface area contributed by atoms with Crippen molar-refractivity contribution in [3.8, 4) is 0 Å². The first-order chi connectivity index (χ1) is 8.29. The van der Waals surface area contributed by atoms with Crippen LogP contribution < -0.4 is 0 Å². The molecule has 2 atom stereocenters. The molecule has 0 aliphatic rings. The van der Waals surface area contributed by atoms with Gasteiger partial charge in [0.15, 0.2) is 0 Å². The van der Waals surface area contributed by atoms with Crippen molar-refractivity contribution in [2.45, 2.75) is 78.2 Å². The molecule has 0 rings (SSSR count). The summed E-state index contributed by atoms with van der Waals surface area (Å²) in [5.41, 5.74) is 0. The van der Waals surface area contributed by atoms with Gasteiger partial charge in [0.25, 0.3) is 0 Å². The molecule has 2 nitrogen and oxygen atoms in total. The Hall–Kier alpha value is -0.370. The molecule has 0 radical (unpaired) electrons. The highest BCUT2D eigenvalue weighted by Crippen LogP contribution is 2.18. The Bertz CT molecular complexity index is 168. The minimum atomic E-state index is 0.105. The van der Waals surface area contributed by atoms with Crippen LogP contribution in [-0.4, -0.2) is 19.0 Å². The lowest BCUT2D eigenvalue weighted by Gasteiger charge is -2.23. The summed E-state index contributed by atoms with van der Waals surface area (Å²) in [7, 11) is 0. The van der Waals surface area contributed by atoms with Crippen LogP contribution in [-0.2, 0) is 9.53 Å². The van der Waals surface area contributed by atoms with Crippen molar-refractivity contribution in [3.05, 3.63) is 0 Å². The van der Waals surface area contributed by atoms with Crippen LogP contribution in [0.15, 0.2) is 0 Å². The highest BCUT2D eigenvalue weighted by Gasteiger charge is 2.20. The zero-order valence-corrected chi connectivity index (χ0v) is 11.9. The van der Waals surface area contributed by atoms with Crippen molar-refractivity contribution in [2.24, 2.45) is 5.92 Å². The summed E-state index contributed by atoms with van der Waals surface area (Å²) >= 11 is 0. The second-order valence-corrected chi connectivity index (χ2v) is 4.85. The van der Waals surface area contributed by atoms with Gasteiger partial charge < -0.3 is 9.53 Å². The Labute approximate surface area is 107 Å². The minimum absolute atomic E-state index is 0.105.